The van der Waals surface area contributed by atoms with Crippen molar-refractivity contribution in [1.29, 1.82) is 0 Å². The fraction of sp³-hybridized carbons (Fsp3) is 0.500. The number of hydrogen-bond acceptors (Lipinski definition) is 6. The van der Waals surface area contributed by atoms with Gasteiger partial charge in [0.05, 0.1) is 6.26 Å². The normalized spacial score (nSPS) is 19.0. The molecule has 0 saturated carbocycles. The van der Waals surface area contributed by atoms with E-state index >= 15 is 0 Å². The number of hydrogen-bond donors (Lipinski definition) is 2. The van der Waals surface area contributed by atoms with E-state index in [9.17, 15) is 9.90 Å². The van der Waals surface area contributed by atoms with Gasteiger partial charge in [-0.15, -0.1) is 11.3 Å². The van der Waals surface area contributed by atoms with Gasteiger partial charge in [0.25, 0.3) is 5.91 Å². The lowest BCUT2D eigenvalue weighted by Crippen LogP contribution is -2.36. The highest BCUT2D eigenvalue weighted by Gasteiger charge is 2.32. The van der Waals surface area contributed by atoms with E-state index in [-0.39, 0.29) is 11.9 Å². The molecule has 124 valence electrons. The van der Waals surface area contributed by atoms with Crippen LogP contribution in [0.3, 0.4) is 0 Å². The van der Waals surface area contributed by atoms with E-state index < -0.39 is 6.10 Å². The highest BCUT2D eigenvalue weighted by Crippen LogP contribution is 2.29. The van der Waals surface area contributed by atoms with E-state index in [0.29, 0.717) is 24.4 Å². The molecule has 1 saturated heterocycles. The van der Waals surface area contributed by atoms with Crippen LogP contribution in [0.5, 0.6) is 0 Å². The summed E-state index contributed by atoms with van der Waals surface area (Å²) in [6.45, 7) is 3.49. The maximum atomic E-state index is 12.7. The highest BCUT2D eigenvalue weighted by atomic mass is 32.1. The smallest absolute Gasteiger partial charge is 0.273 e. The number of aliphatic hydroxyl groups excluding tert-OH is 1. The van der Waals surface area contributed by atoms with Gasteiger partial charge in [0.1, 0.15) is 17.6 Å². The first-order valence-corrected chi connectivity index (χ1v) is 8.78. The van der Waals surface area contributed by atoms with Crippen molar-refractivity contribution in [3.05, 3.63) is 35.2 Å². The molecular weight excluding hydrogens is 314 g/mol. The summed E-state index contributed by atoms with van der Waals surface area (Å²) < 4.78 is 5.24. The zero-order valence-electron chi connectivity index (χ0n) is 13.1. The average molecular weight is 335 g/mol. The number of carbonyl (C=O) groups is 1. The maximum absolute atomic E-state index is 12.7. The van der Waals surface area contributed by atoms with Gasteiger partial charge in [-0.25, -0.2) is 4.98 Å². The first kappa shape index (κ1) is 16.0. The summed E-state index contributed by atoms with van der Waals surface area (Å²) in [6.07, 6.45) is 3.20. The molecule has 3 rings (SSSR count). The molecule has 0 radical (unpaired) electrons. The van der Waals surface area contributed by atoms with Crippen LogP contribution in [-0.2, 0) is 0 Å². The third kappa shape index (κ3) is 3.56. The van der Waals surface area contributed by atoms with E-state index in [2.05, 4.69) is 10.3 Å². The first-order valence-electron chi connectivity index (χ1n) is 7.91. The molecule has 0 unspecified atom stereocenters. The molecule has 1 aliphatic rings. The topological polar surface area (TPSA) is 78.6 Å². The number of nitrogens with one attached hydrogen (secondary N) is 1. The van der Waals surface area contributed by atoms with Gasteiger partial charge >= 0.3 is 0 Å². The number of aromatic nitrogens is 1. The van der Waals surface area contributed by atoms with Crippen molar-refractivity contribution in [2.75, 3.05) is 18.4 Å². The second kappa shape index (κ2) is 7.14. The lowest BCUT2D eigenvalue weighted by Gasteiger charge is -2.25. The maximum Gasteiger partial charge on any atom is 0.273 e. The van der Waals surface area contributed by atoms with E-state index in [1.165, 1.54) is 11.3 Å². The Balaban J connectivity index is 1.66. The van der Waals surface area contributed by atoms with Crippen LogP contribution in [0.1, 0.15) is 48.5 Å². The van der Waals surface area contributed by atoms with Gasteiger partial charge < -0.3 is 19.7 Å². The zero-order valence-corrected chi connectivity index (χ0v) is 13.9. The Bertz CT molecular complexity index is 641. The minimum Gasteiger partial charge on any atom is -0.467 e. The van der Waals surface area contributed by atoms with Gasteiger partial charge in [0, 0.05) is 30.9 Å². The predicted molar refractivity (Wildman–Crippen MR) is 88.6 cm³/mol. The lowest BCUT2D eigenvalue weighted by atomic mass is 10.0. The summed E-state index contributed by atoms with van der Waals surface area (Å²) >= 11 is 1.44. The van der Waals surface area contributed by atoms with Crippen LogP contribution in [0.25, 0.3) is 0 Å². The molecule has 0 spiro atoms. The minimum atomic E-state index is -0.684. The van der Waals surface area contributed by atoms with Crippen LogP contribution in [0, 0.1) is 0 Å². The first-order chi connectivity index (χ1) is 11.2. The van der Waals surface area contributed by atoms with Gasteiger partial charge in [-0.3, -0.25) is 4.79 Å². The Morgan fingerprint density at radius 1 is 1.65 bits per heavy atom. The second-order valence-electron chi connectivity index (χ2n) is 5.63. The Hall–Kier alpha value is -1.86. The summed E-state index contributed by atoms with van der Waals surface area (Å²) in [6, 6.07) is 3.54. The second-order valence-corrected chi connectivity index (χ2v) is 6.49. The van der Waals surface area contributed by atoms with Crippen molar-refractivity contribution in [2.24, 2.45) is 0 Å². The molecule has 2 N–H and O–H groups in total. The summed E-state index contributed by atoms with van der Waals surface area (Å²) in [5.41, 5.74) is 0.477. The Morgan fingerprint density at radius 2 is 2.52 bits per heavy atom. The Morgan fingerprint density at radius 3 is 3.26 bits per heavy atom. The number of carbonyl (C=O) groups excluding carboxylic acids is 1. The Labute approximate surface area is 139 Å². The van der Waals surface area contributed by atoms with Gasteiger partial charge in [0.15, 0.2) is 5.13 Å². The monoisotopic (exact) mass is 335 g/mol. The number of thiazole rings is 1. The standard InChI is InChI=1S/C16H21N3O3S/c1-2-17-16-18-12(10-23-16)15(21)19-7-3-5-11(19)9-13(20)14-6-4-8-22-14/h4,6,8,10-11,13,20H,2-3,5,7,9H2,1H3,(H,17,18)/t11-,13-/m0/s1. The molecule has 1 aliphatic heterocycles. The van der Waals surface area contributed by atoms with Crippen molar-refractivity contribution in [3.8, 4) is 0 Å². The van der Waals surface area contributed by atoms with E-state index in [1.54, 1.807) is 23.8 Å². The SMILES string of the molecule is CCNc1nc(C(=O)N2CCC[C@H]2C[C@H](O)c2ccco2)cs1. The van der Waals surface area contributed by atoms with Crippen molar-refractivity contribution in [1.82, 2.24) is 9.88 Å². The van der Waals surface area contributed by atoms with Crippen LogP contribution in [-0.4, -0.2) is 40.0 Å². The molecule has 0 aromatic carbocycles. The van der Waals surface area contributed by atoms with Gasteiger partial charge in [0.2, 0.25) is 0 Å². The molecule has 0 bridgehead atoms. The zero-order chi connectivity index (χ0) is 16.2. The van der Waals surface area contributed by atoms with Crippen molar-refractivity contribution in [2.45, 2.75) is 38.3 Å². The average Bonchev–Trinajstić information content (AvgIpc) is 3.28. The number of anilines is 1. The molecule has 23 heavy (non-hydrogen) atoms. The van der Waals surface area contributed by atoms with Crippen molar-refractivity contribution in [3.63, 3.8) is 0 Å². The van der Waals surface area contributed by atoms with E-state index in [0.717, 1.165) is 24.5 Å². The van der Waals surface area contributed by atoms with Gasteiger partial charge in [-0.2, -0.15) is 0 Å². The molecule has 7 heteroatoms. The molecule has 2 atom stereocenters. The third-order valence-electron chi connectivity index (χ3n) is 4.06. The lowest BCUT2D eigenvalue weighted by molar-refractivity contribution is 0.0637. The summed E-state index contributed by atoms with van der Waals surface area (Å²) in [5.74, 6) is 0.493. The number of furan rings is 1. The minimum absolute atomic E-state index is 0.0203. The Kier molecular flexibility index (Phi) is 4.97. The van der Waals surface area contributed by atoms with Crippen LogP contribution in [0.4, 0.5) is 5.13 Å². The number of likely N-dealkylation sites (tertiary alicyclic amines) is 1. The fourth-order valence-corrected chi connectivity index (χ4v) is 3.71. The third-order valence-corrected chi connectivity index (χ3v) is 4.86. The number of rotatable bonds is 6. The van der Waals surface area contributed by atoms with Crippen LogP contribution >= 0.6 is 11.3 Å². The highest BCUT2D eigenvalue weighted by molar-refractivity contribution is 7.13. The summed E-state index contributed by atoms with van der Waals surface area (Å²) in [5, 5.41) is 15.9. The quantitative estimate of drug-likeness (QED) is 0.848. The molecule has 1 amide bonds. The fourth-order valence-electron chi connectivity index (χ4n) is 2.95. The number of aliphatic hydroxyl groups is 1. The van der Waals surface area contributed by atoms with Gasteiger partial charge in [-0.05, 0) is 31.9 Å². The summed E-state index contributed by atoms with van der Waals surface area (Å²) in [4.78, 5) is 18.9. The molecular formula is C16H21N3O3S. The van der Waals surface area contributed by atoms with E-state index in [4.69, 9.17) is 4.42 Å². The van der Waals surface area contributed by atoms with Crippen LogP contribution in [0.15, 0.2) is 28.2 Å². The number of nitrogens with zero attached hydrogens (tertiary/aromatic N) is 2. The molecule has 2 aromatic rings. The van der Waals surface area contributed by atoms with Crippen LogP contribution < -0.4 is 5.32 Å². The van der Waals surface area contributed by atoms with Gasteiger partial charge in [-0.1, -0.05) is 0 Å². The molecule has 3 heterocycles. The molecule has 6 nitrogen and oxygen atoms in total. The molecule has 1 fully saturated rings. The predicted octanol–water partition coefficient (Wildman–Crippen LogP) is 2.90. The summed E-state index contributed by atoms with van der Waals surface area (Å²) in [7, 11) is 0. The largest absolute Gasteiger partial charge is 0.467 e. The number of amides is 1. The molecule has 0 aliphatic carbocycles. The van der Waals surface area contributed by atoms with Crippen molar-refractivity contribution < 1.29 is 14.3 Å². The van der Waals surface area contributed by atoms with Crippen LogP contribution in [0.2, 0.25) is 0 Å². The van der Waals surface area contributed by atoms with E-state index in [1.807, 2.05) is 11.8 Å². The van der Waals surface area contributed by atoms with Crippen molar-refractivity contribution >= 4 is 22.4 Å². The molecule has 2 aromatic heterocycles.